The molecule has 0 bridgehead atoms. The van der Waals surface area contributed by atoms with Crippen LogP contribution in [-0.4, -0.2) is 38.6 Å². The van der Waals surface area contributed by atoms with Crippen LogP contribution in [0.3, 0.4) is 0 Å². The number of aryl methyl sites for hydroxylation is 1. The van der Waals surface area contributed by atoms with E-state index < -0.39 is 17.3 Å². The van der Waals surface area contributed by atoms with Crippen molar-refractivity contribution in [1.29, 1.82) is 0 Å². The predicted molar refractivity (Wildman–Crippen MR) is 133 cm³/mol. The van der Waals surface area contributed by atoms with Crippen LogP contribution in [0, 0.1) is 0 Å². The van der Waals surface area contributed by atoms with Crippen LogP contribution in [-0.2, 0) is 6.42 Å². The van der Waals surface area contributed by atoms with Crippen molar-refractivity contribution in [3.63, 3.8) is 0 Å². The molecule has 1 amide bonds. The van der Waals surface area contributed by atoms with Gasteiger partial charge in [0.1, 0.15) is 5.82 Å². The molecule has 34 heavy (non-hydrogen) atoms. The molecule has 1 fully saturated rings. The quantitative estimate of drug-likeness (QED) is 0.519. The normalized spacial score (nSPS) is 16.5. The fraction of sp³-hybridized carbons (Fsp3) is 0.393. The lowest BCUT2D eigenvalue weighted by Gasteiger charge is -2.24. The van der Waals surface area contributed by atoms with E-state index in [1.165, 1.54) is 5.56 Å². The molecule has 4 rings (SSSR count). The Labute approximate surface area is 200 Å². The van der Waals surface area contributed by atoms with Crippen molar-refractivity contribution in [2.75, 3.05) is 13.1 Å². The second-order valence-corrected chi connectivity index (χ2v) is 8.99. The van der Waals surface area contributed by atoms with Crippen LogP contribution in [0.1, 0.15) is 78.8 Å². The smallest absolute Gasteiger partial charge is 0.270 e. The average Bonchev–Trinajstić information content (AvgIpc) is 3.36. The molecule has 6 heteroatoms. The maximum absolute atomic E-state index is 13.8. The van der Waals surface area contributed by atoms with Gasteiger partial charge < -0.3 is 10.0 Å². The van der Waals surface area contributed by atoms with Crippen molar-refractivity contribution in [2.45, 2.75) is 57.9 Å². The van der Waals surface area contributed by atoms with Crippen molar-refractivity contribution < 1.29 is 9.90 Å². The number of amides is 1. The summed E-state index contributed by atoms with van der Waals surface area (Å²) in [5.41, 5.74) is 1.49. The Hall–Kier alpha value is -3.41. The Kier molecular flexibility index (Phi) is 7.46. The van der Waals surface area contributed by atoms with Crippen molar-refractivity contribution in [3.8, 4) is 5.88 Å². The van der Waals surface area contributed by atoms with E-state index in [9.17, 15) is 14.7 Å². The number of hydrogen-bond donors (Lipinski definition) is 1. The number of carbonyl (C=O) groups excluding carboxylic acids is 1. The number of nitrogens with zero attached hydrogens (tertiary/aromatic N) is 3. The summed E-state index contributed by atoms with van der Waals surface area (Å²) in [5.74, 6) is -0.144. The number of unbranched alkanes of at least 4 members (excludes halogenated alkanes) is 1. The van der Waals surface area contributed by atoms with Crippen LogP contribution >= 0.6 is 0 Å². The zero-order valence-electron chi connectivity index (χ0n) is 20.0. The summed E-state index contributed by atoms with van der Waals surface area (Å²) in [6, 6.07) is 19.7. The van der Waals surface area contributed by atoms with Crippen LogP contribution in [0.4, 0.5) is 0 Å². The van der Waals surface area contributed by atoms with Crippen molar-refractivity contribution >= 4 is 5.91 Å². The first-order valence-corrected chi connectivity index (χ1v) is 12.3. The second-order valence-electron chi connectivity index (χ2n) is 8.99. The molecule has 2 aromatic carbocycles. The largest absolute Gasteiger partial charge is 0.493 e. The highest BCUT2D eigenvalue weighted by Gasteiger charge is 2.33. The number of benzene rings is 2. The minimum Gasteiger partial charge on any atom is -0.493 e. The Morgan fingerprint density at radius 1 is 1.09 bits per heavy atom. The van der Waals surface area contributed by atoms with Crippen molar-refractivity contribution in [2.24, 2.45) is 0 Å². The standard InChI is InChI=1S/C28H33N3O3/c1-3-5-16-24-29-26(32)25(28(34)31(24)23(4-2)21-14-10-7-11-15-21)27(33)30-18-17-22(19-30)20-12-8-6-9-13-20/h6-15,22-23,32H,3-5,16-19H2,1-2H3/t22-,23-/m1/s1. The van der Waals surface area contributed by atoms with Gasteiger partial charge in [-0.3, -0.25) is 14.2 Å². The molecule has 178 valence electrons. The van der Waals surface area contributed by atoms with Crippen LogP contribution < -0.4 is 5.56 Å². The van der Waals surface area contributed by atoms with Gasteiger partial charge >= 0.3 is 0 Å². The van der Waals surface area contributed by atoms with Crippen molar-refractivity contribution in [1.82, 2.24) is 14.5 Å². The van der Waals surface area contributed by atoms with Gasteiger partial charge in [0.25, 0.3) is 11.5 Å². The third kappa shape index (κ3) is 4.76. The lowest BCUT2D eigenvalue weighted by Crippen LogP contribution is -2.38. The molecule has 0 saturated carbocycles. The van der Waals surface area contributed by atoms with Gasteiger partial charge in [0.05, 0.1) is 6.04 Å². The Morgan fingerprint density at radius 2 is 1.76 bits per heavy atom. The highest BCUT2D eigenvalue weighted by molar-refractivity contribution is 5.96. The van der Waals surface area contributed by atoms with Gasteiger partial charge in [0, 0.05) is 25.4 Å². The molecular weight excluding hydrogens is 426 g/mol. The Morgan fingerprint density at radius 3 is 2.41 bits per heavy atom. The lowest BCUT2D eigenvalue weighted by molar-refractivity contribution is 0.0783. The highest BCUT2D eigenvalue weighted by Crippen LogP contribution is 2.29. The molecule has 1 aliphatic rings. The summed E-state index contributed by atoms with van der Waals surface area (Å²) in [5, 5.41) is 10.8. The molecule has 6 nitrogen and oxygen atoms in total. The summed E-state index contributed by atoms with van der Waals surface area (Å²) >= 11 is 0. The molecule has 1 aromatic heterocycles. The molecule has 2 atom stereocenters. The minimum absolute atomic E-state index is 0.219. The number of aromatic nitrogens is 2. The third-order valence-corrected chi connectivity index (χ3v) is 6.77. The molecule has 1 saturated heterocycles. The molecule has 0 unspecified atom stereocenters. The monoisotopic (exact) mass is 459 g/mol. The number of aromatic hydroxyl groups is 1. The highest BCUT2D eigenvalue weighted by atomic mass is 16.3. The fourth-order valence-corrected chi connectivity index (χ4v) is 4.93. The van der Waals surface area contributed by atoms with E-state index in [0.29, 0.717) is 31.8 Å². The van der Waals surface area contributed by atoms with Crippen LogP contribution in [0.5, 0.6) is 5.88 Å². The maximum Gasteiger partial charge on any atom is 0.270 e. The molecule has 0 aliphatic carbocycles. The molecule has 0 spiro atoms. The van der Waals surface area contributed by atoms with E-state index in [1.54, 1.807) is 9.47 Å². The molecular formula is C28H33N3O3. The van der Waals surface area contributed by atoms with E-state index in [1.807, 2.05) is 55.5 Å². The summed E-state index contributed by atoms with van der Waals surface area (Å²) in [7, 11) is 0. The Balaban J connectivity index is 1.72. The van der Waals surface area contributed by atoms with E-state index in [-0.39, 0.29) is 17.5 Å². The van der Waals surface area contributed by atoms with Gasteiger partial charge in [0.2, 0.25) is 5.88 Å². The van der Waals surface area contributed by atoms with Gasteiger partial charge in [0.15, 0.2) is 5.56 Å². The summed E-state index contributed by atoms with van der Waals surface area (Å²) in [4.78, 5) is 33.4. The SMILES string of the molecule is CCCCc1nc(O)c(C(=O)N2CC[C@@H](c3ccccc3)C2)c(=O)n1[C@H](CC)c1ccccc1. The van der Waals surface area contributed by atoms with Crippen LogP contribution in [0.25, 0.3) is 0 Å². The van der Waals surface area contributed by atoms with Gasteiger partial charge in [-0.25, -0.2) is 0 Å². The zero-order chi connectivity index (χ0) is 24.1. The van der Waals surface area contributed by atoms with E-state index in [2.05, 4.69) is 24.0 Å². The summed E-state index contributed by atoms with van der Waals surface area (Å²) < 4.78 is 1.64. The van der Waals surface area contributed by atoms with E-state index in [4.69, 9.17) is 0 Å². The first kappa shape index (κ1) is 23.7. The molecule has 1 aliphatic heterocycles. The minimum atomic E-state index is -0.456. The summed E-state index contributed by atoms with van der Waals surface area (Å²) in [6.45, 7) is 5.16. The van der Waals surface area contributed by atoms with Crippen LogP contribution in [0.2, 0.25) is 0 Å². The summed E-state index contributed by atoms with van der Waals surface area (Å²) in [6.07, 6.45) is 3.84. The second kappa shape index (κ2) is 10.7. The first-order valence-electron chi connectivity index (χ1n) is 12.3. The van der Waals surface area contributed by atoms with E-state index >= 15 is 0 Å². The lowest BCUT2D eigenvalue weighted by atomic mass is 9.99. The molecule has 3 aromatic rings. The fourth-order valence-electron chi connectivity index (χ4n) is 4.93. The molecule has 0 radical (unpaired) electrons. The first-order chi connectivity index (χ1) is 16.5. The number of likely N-dealkylation sites (tertiary alicyclic amines) is 1. The van der Waals surface area contributed by atoms with Gasteiger partial charge in [-0.2, -0.15) is 4.98 Å². The van der Waals surface area contributed by atoms with Crippen LogP contribution in [0.15, 0.2) is 65.5 Å². The zero-order valence-corrected chi connectivity index (χ0v) is 20.0. The van der Waals surface area contributed by atoms with Gasteiger partial charge in [-0.1, -0.05) is 80.9 Å². The predicted octanol–water partition coefficient (Wildman–Crippen LogP) is 4.92. The van der Waals surface area contributed by atoms with E-state index in [0.717, 1.165) is 24.8 Å². The number of carbonyl (C=O) groups is 1. The topological polar surface area (TPSA) is 75.4 Å². The average molecular weight is 460 g/mol. The molecule has 1 N–H and O–H groups in total. The van der Waals surface area contributed by atoms with Gasteiger partial charge in [-0.05, 0) is 30.4 Å². The number of rotatable bonds is 8. The maximum atomic E-state index is 13.8. The Bertz CT molecular complexity index is 1170. The third-order valence-electron chi connectivity index (χ3n) is 6.77. The van der Waals surface area contributed by atoms with Crippen molar-refractivity contribution in [3.05, 3.63) is 93.5 Å². The van der Waals surface area contributed by atoms with Gasteiger partial charge in [-0.15, -0.1) is 0 Å². The molecule has 2 heterocycles. The number of hydrogen-bond acceptors (Lipinski definition) is 4.